The highest BCUT2D eigenvalue weighted by Crippen LogP contribution is 2.27. The van der Waals surface area contributed by atoms with E-state index < -0.39 is 12.1 Å². The first kappa shape index (κ1) is 33.7. The average Bonchev–Trinajstić information content (AvgIpc) is 3.00. The van der Waals surface area contributed by atoms with E-state index in [0.29, 0.717) is 48.1 Å². The summed E-state index contributed by atoms with van der Waals surface area (Å²) in [6.45, 7) is 9.96. The zero-order valence-corrected chi connectivity index (χ0v) is 27.0. The van der Waals surface area contributed by atoms with Gasteiger partial charge in [0, 0.05) is 81.2 Å². The minimum atomic E-state index is -0.750. The molecule has 2 aliphatic rings. The van der Waals surface area contributed by atoms with Gasteiger partial charge in [0.1, 0.15) is 11.8 Å². The molecule has 4 rings (SSSR count). The third-order valence-corrected chi connectivity index (χ3v) is 9.18. The maximum atomic E-state index is 13.9. The lowest BCUT2D eigenvalue weighted by molar-refractivity contribution is -0.138. The predicted octanol–water partition coefficient (Wildman–Crippen LogP) is 4.12. The number of halogens is 1. The zero-order valence-electron chi connectivity index (χ0n) is 26.3. The fourth-order valence-electron chi connectivity index (χ4n) is 6.59. The molecule has 4 N–H and O–H groups in total. The monoisotopic (exact) mass is 625 g/mol. The van der Waals surface area contributed by atoms with Crippen LogP contribution in [0.1, 0.15) is 70.0 Å². The van der Waals surface area contributed by atoms with E-state index in [1.165, 1.54) is 0 Å². The molecule has 10 heteroatoms. The summed E-state index contributed by atoms with van der Waals surface area (Å²) in [5.74, 6) is 0.256. The molecule has 240 valence electrons. The molecule has 2 saturated heterocycles. The molecule has 0 radical (unpaired) electrons. The van der Waals surface area contributed by atoms with Crippen molar-refractivity contribution in [2.75, 3.05) is 32.7 Å². The lowest BCUT2D eigenvalue weighted by Gasteiger charge is -2.46. The Hall–Kier alpha value is -3.14. The number of piperidine rings is 2. The molecule has 2 aromatic carbocycles. The van der Waals surface area contributed by atoms with Gasteiger partial charge in [0.2, 0.25) is 17.7 Å². The molecular formula is C34H48ClN5O4. The van der Waals surface area contributed by atoms with E-state index in [4.69, 9.17) is 17.3 Å². The summed E-state index contributed by atoms with van der Waals surface area (Å²) in [5.41, 5.74) is 7.65. The fourth-order valence-corrected chi connectivity index (χ4v) is 6.71. The second-order valence-corrected chi connectivity index (χ2v) is 13.1. The molecule has 0 aliphatic carbocycles. The summed E-state index contributed by atoms with van der Waals surface area (Å²) in [6, 6.07) is 13.4. The van der Waals surface area contributed by atoms with Crippen molar-refractivity contribution in [1.82, 2.24) is 20.0 Å². The van der Waals surface area contributed by atoms with Gasteiger partial charge < -0.3 is 26.0 Å². The lowest BCUT2D eigenvalue weighted by Crippen LogP contribution is -2.56. The Morgan fingerprint density at radius 1 is 0.955 bits per heavy atom. The van der Waals surface area contributed by atoms with E-state index in [1.54, 1.807) is 43.3 Å². The Kier molecular flexibility index (Phi) is 12.1. The number of aromatic hydroxyl groups is 1. The van der Waals surface area contributed by atoms with E-state index >= 15 is 0 Å². The number of nitrogens with one attached hydrogen (secondary N) is 1. The molecule has 2 atom stereocenters. The van der Waals surface area contributed by atoms with Crippen molar-refractivity contribution < 1.29 is 19.5 Å². The Balaban J connectivity index is 1.41. The summed E-state index contributed by atoms with van der Waals surface area (Å²) >= 11 is 6.09. The Morgan fingerprint density at radius 2 is 1.52 bits per heavy atom. The molecule has 0 aromatic heterocycles. The number of para-hydroxylation sites is 1. The van der Waals surface area contributed by atoms with Crippen LogP contribution in [-0.2, 0) is 20.8 Å². The van der Waals surface area contributed by atoms with E-state index in [2.05, 4.69) is 24.1 Å². The molecule has 2 fully saturated rings. The van der Waals surface area contributed by atoms with Crippen LogP contribution >= 0.6 is 11.6 Å². The van der Waals surface area contributed by atoms with E-state index in [1.807, 2.05) is 21.9 Å². The minimum absolute atomic E-state index is 0.0420. The van der Waals surface area contributed by atoms with Crippen LogP contribution in [0.2, 0.25) is 5.02 Å². The molecule has 9 nitrogen and oxygen atoms in total. The Bertz CT molecular complexity index is 1260. The van der Waals surface area contributed by atoms with Gasteiger partial charge in [-0.3, -0.25) is 19.3 Å². The summed E-state index contributed by atoms with van der Waals surface area (Å²) in [6.07, 6.45) is 3.96. The molecular weight excluding hydrogens is 578 g/mol. The molecule has 2 unspecified atom stereocenters. The molecule has 2 heterocycles. The van der Waals surface area contributed by atoms with E-state index in [-0.39, 0.29) is 29.9 Å². The largest absolute Gasteiger partial charge is 0.508 e. The molecule has 0 spiro atoms. The first-order valence-electron chi connectivity index (χ1n) is 15.9. The summed E-state index contributed by atoms with van der Waals surface area (Å²) in [5, 5.41) is 13.7. The summed E-state index contributed by atoms with van der Waals surface area (Å²) < 4.78 is 0. The van der Waals surface area contributed by atoms with Crippen LogP contribution in [-0.4, -0.2) is 88.4 Å². The average molecular weight is 626 g/mol. The maximum Gasteiger partial charge on any atom is 0.245 e. The van der Waals surface area contributed by atoms with E-state index in [9.17, 15) is 19.5 Å². The normalized spacial score (nSPS) is 18.0. The Morgan fingerprint density at radius 3 is 2.07 bits per heavy atom. The van der Waals surface area contributed by atoms with Gasteiger partial charge in [-0.25, -0.2) is 0 Å². The minimum Gasteiger partial charge on any atom is -0.508 e. The fraction of sp³-hybridized carbons (Fsp3) is 0.559. The number of rotatable bonds is 11. The number of carbonyl (C=O) groups excluding carboxylic acids is 3. The van der Waals surface area contributed by atoms with Crippen molar-refractivity contribution in [2.24, 2.45) is 11.7 Å². The smallest absolute Gasteiger partial charge is 0.245 e. The van der Waals surface area contributed by atoms with Gasteiger partial charge in [-0.05, 0) is 55.4 Å². The molecule has 0 saturated carbocycles. The summed E-state index contributed by atoms with van der Waals surface area (Å²) in [7, 11) is 0. The van der Waals surface area contributed by atoms with Crippen LogP contribution in [0.15, 0.2) is 48.5 Å². The Labute approximate surface area is 266 Å². The van der Waals surface area contributed by atoms with Gasteiger partial charge in [0.15, 0.2) is 0 Å². The van der Waals surface area contributed by atoms with Crippen LogP contribution in [0.4, 0.5) is 0 Å². The number of hydrogen-bond acceptors (Lipinski definition) is 6. The second kappa shape index (κ2) is 15.7. The number of hydrogen-bond donors (Lipinski definition) is 3. The van der Waals surface area contributed by atoms with Gasteiger partial charge in [0.25, 0.3) is 0 Å². The van der Waals surface area contributed by atoms with Gasteiger partial charge in [0.05, 0.1) is 0 Å². The first-order chi connectivity index (χ1) is 21.0. The highest BCUT2D eigenvalue weighted by Gasteiger charge is 2.35. The maximum absolute atomic E-state index is 13.9. The van der Waals surface area contributed by atoms with Crippen LogP contribution in [0.3, 0.4) is 0 Å². The number of carbonyl (C=O) groups is 3. The number of likely N-dealkylation sites (tertiary alicyclic amines) is 2. The molecule has 2 aliphatic heterocycles. The number of nitrogens with two attached hydrogens (primary N) is 1. The second-order valence-electron chi connectivity index (χ2n) is 12.7. The number of nitrogens with zero attached hydrogens (tertiary/aromatic N) is 3. The third-order valence-electron chi connectivity index (χ3n) is 8.93. The van der Waals surface area contributed by atoms with Crippen molar-refractivity contribution in [3.8, 4) is 5.75 Å². The van der Waals surface area contributed by atoms with Crippen molar-refractivity contribution in [2.45, 2.75) is 83.5 Å². The zero-order chi connectivity index (χ0) is 31.8. The molecule has 44 heavy (non-hydrogen) atoms. The van der Waals surface area contributed by atoms with Crippen LogP contribution in [0.25, 0.3) is 0 Å². The standard InChI is InChI=1S/C34H48ClN5O4/c1-23(2)22-40(27-12-16-38(17-13-27)24(3)41)28-14-18-39(19-15-28)34(44)31(20-25-8-10-26(35)11-9-25)37-33(43)21-30(36)29-6-4-5-7-32(29)42/h4-11,23,27-28,30-31,42H,12-22,36H2,1-3H3,(H,37,43). The van der Waals surface area contributed by atoms with Gasteiger partial charge >= 0.3 is 0 Å². The van der Waals surface area contributed by atoms with Crippen molar-refractivity contribution in [3.63, 3.8) is 0 Å². The van der Waals surface area contributed by atoms with E-state index in [0.717, 1.165) is 50.9 Å². The third kappa shape index (κ3) is 9.19. The SMILES string of the molecule is CC(=O)N1CCC(N(CC(C)C)C2CCN(C(=O)C(Cc3ccc(Cl)cc3)NC(=O)CC(N)c3ccccc3O)CC2)CC1. The van der Waals surface area contributed by atoms with Crippen molar-refractivity contribution in [3.05, 3.63) is 64.7 Å². The molecule has 0 bridgehead atoms. The number of benzene rings is 2. The van der Waals surface area contributed by atoms with Crippen LogP contribution in [0.5, 0.6) is 5.75 Å². The topological polar surface area (TPSA) is 119 Å². The molecule has 3 amide bonds. The van der Waals surface area contributed by atoms with Gasteiger partial charge in [-0.2, -0.15) is 0 Å². The quantitative estimate of drug-likeness (QED) is 0.346. The van der Waals surface area contributed by atoms with Crippen molar-refractivity contribution >= 4 is 29.3 Å². The van der Waals surface area contributed by atoms with Gasteiger partial charge in [-0.1, -0.05) is 55.8 Å². The van der Waals surface area contributed by atoms with Gasteiger partial charge in [-0.15, -0.1) is 0 Å². The van der Waals surface area contributed by atoms with Crippen LogP contribution < -0.4 is 11.1 Å². The lowest BCUT2D eigenvalue weighted by atomic mass is 9.94. The highest BCUT2D eigenvalue weighted by atomic mass is 35.5. The van der Waals surface area contributed by atoms with Crippen LogP contribution in [0, 0.1) is 5.92 Å². The number of amides is 3. The summed E-state index contributed by atoms with van der Waals surface area (Å²) in [4.78, 5) is 45.4. The highest BCUT2D eigenvalue weighted by molar-refractivity contribution is 6.30. The number of phenolic OH excluding ortho intramolecular Hbond substituents is 1. The number of phenols is 1. The molecule has 2 aromatic rings. The predicted molar refractivity (Wildman–Crippen MR) is 173 cm³/mol. The van der Waals surface area contributed by atoms with Crippen molar-refractivity contribution in [1.29, 1.82) is 0 Å². The first-order valence-corrected chi connectivity index (χ1v) is 16.3.